The minimum atomic E-state index is -4.76. The highest BCUT2D eigenvalue weighted by molar-refractivity contribution is 8.14. The van der Waals surface area contributed by atoms with Gasteiger partial charge in [0.2, 0.25) is 0 Å². The number of amidine groups is 2. The molecule has 1 unspecified atom stereocenters. The van der Waals surface area contributed by atoms with Gasteiger partial charge in [-0.1, -0.05) is 54.2 Å². The molecule has 0 radical (unpaired) electrons. The molecule has 8 nitrogen and oxygen atoms in total. The summed E-state index contributed by atoms with van der Waals surface area (Å²) in [6.45, 7) is 10.2. The Morgan fingerprint density at radius 2 is 1.74 bits per heavy atom. The third-order valence-electron chi connectivity index (χ3n) is 6.79. The molecule has 1 heterocycles. The number of rotatable bonds is 7. The molecule has 1 aliphatic heterocycles. The average Bonchev–Trinajstić information content (AvgIpc) is 2.96. The first-order chi connectivity index (χ1) is 20.4. The Kier molecular flexibility index (Phi) is 10.1. The highest BCUT2D eigenvalue weighted by Crippen LogP contribution is 2.34. The van der Waals surface area contributed by atoms with E-state index in [2.05, 4.69) is 69.7 Å². The lowest BCUT2D eigenvalue weighted by molar-refractivity contribution is -0.274. The van der Waals surface area contributed by atoms with Gasteiger partial charge in [0.15, 0.2) is 11.0 Å². The number of nitrogens with zero attached hydrogens (tertiary/aromatic N) is 5. The lowest BCUT2D eigenvalue weighted by Gasteiger charge is -2.37. The van der Waals surface area contributed by atoms with Crippen molar-refractivity contribution < 1.29 is 22.7 Å². The van der Waals surface area contributed by atoms with Gasteiger partial charge in [-0.25, -0.2) is 9.79 Å². The van der Waals surface area contributed by atoms with Gasteiger partial charge in [0, 0.05) is 36.6 Å². The molecular formula is C31H33F3N6O2S. The van der Waals surface area contributed by atoms with Crippen LogP contribution in [0, 0.1) is 13.8 Å². The molecule has 1 N–H and O–H groups in total. The van der Waals surface area contributed by atoms with Crippen LogP contribution in [0.1, 0.15) is 35.6 Å². The van der Waals surface area contributed by atoms with Crippen molar-refractivity contribution in [1.82, 2.24) is 5.32 Å². The standard InChI is InChI=1S/C31H33F3N6O2S/c1-20-7-6-8-21(2)27(20)40-22(3)17-18-43-30(40)37-29(41)36-19-23-9-11-24(12-10-23)28(35-4)38-39(5)25-13-15-26(16-14-25)42-31(32,33)34/h6-16,22H,4,17-19H2,1-3,5H3,(H,36,41)/b37-30-,38-28-. The molecule has 3 aromatic rings. The van der Waals surface area contributed by atoms with Crippen LogP contribution < -0.4 is 20.0 Å². The summed E-state index contributed by atoms with van der Waals surface area (Å²) in [7, 11) is 1.64. The number of carbonyl (C=O) groups excluding carboxylic acids is 1. The molecule has 2 amide bonds. The first kappa shape index (κ1) is 31.6. The van der Waals surface area contributed by atoms with Crippen LogP contribution in [0.2, 0.25) is 0 Å². The predicted molar refractivity (Wildman–Crippen MR) is 169 cm³/mol. The van der Waals surface area contributed by atoms with Gasteiger partial charge in [-0.3, -0.25) is 5.01 Å². The number of anilines is 2. The van der Waals surface area contributed by atoms with Gasteiger partial charge in [0.1, 0.15) is 5.75 Å². The summed E-state index contributed by atoms with van der Waals surface area (Å²) in [4.78, 5) is 23.4. The number of aliphatic imine (C=N–C) groups is 2. The number of carbonyl (C=O) groups is 1. The highest BCUT2D eigenvalue weighted by atomic mass is 32.2. The van der Waals surface area contributed by atoms with Gasteiger partial charge in [-0.05, 0) is 74.9 Å². The molecule has 4 rings (SSSR count). The number of hydrazone groups is 1. The van der Waals surface area contributed by atoms with Crippen LogP contribution >= 0.6 is 11.8 Å². The van der Waals surface area contributed by atoms with Gasteiger partial charge < -0.3 is 15.0 Å². The quantitative estimate of drug-likeness (QED) is 0.173. The van der Waals surface area contributed by atoms with E-state index < -0.39 is 12.4 Å². The monoisotopic (exact) mass is 610 g/mol. The number of aryl methyl sites for hydroxylation is 2. The van der Waals surface area contributed by atoms with Crippen LogP contribution in [0.3, 0.4) is 0 Å². The number of urea groups is 1. The summed E-state index contributed by atoms with van der Waals surface area (Å²) in [6, 6.07) is 18.6. The second-order valence-electron chi connectivity index (χ2n) is 9.99. The van der Waals surface area contributed by atoms with Crippen molar-refractivity contribution in [2.45, 2.75) is 46.1 Å². The molecule has 0 bridgehead atoms. The smallest absolute Gasteiger partial charge is 0.406 e. The van der Waals surface area contributed by atoms with Crippen LogP contribution in [-0.4, -0.2) is 49.0 Å². The molecule has 226 valence electrons. The first-order valence-corrected chi connectivity index (χ1v) is 14.5. The van der Waals surface area contributed by atoms with E-state index in [1.807, 2.05) is 18.2 Å². The van der Waals surface area contributed by atoms with Gasteiger partial charge in [0.05, 0.1) is 5.69 Å². The summed E-state index contributed by atoms with van der Waals surface area (Å²) in [5.41, 5.74) is 5.42. The Morgan fingerprint density at radius 1 is 1.09 bits per heavy atom. The lowest BCUT2D eigenvalue weighted by atomic mass is 10.1. The van der Waals surface area contributed by atoms with E-state index in [-0.39, 0.29) is 18.3 Å². The molecule has 12 heteroatoms. The maximum atomic E-state index is 12.9. The van der Waals surface area contributed by atoms with E-state index in [0.717, 1.165) is 34.6 Å². The third-order valence-corrected chi connectivity index (χ3v) is 7.77. The second-order valence-corrected chi connectivity index (χ2v) is 11.1. The summed E-state index contributed by atoms with van der Waals surface area (Å²) in [6.07, 6.45) is -3.77. The summed E-state index contributed by atoms with van der Waals surface area (Å²) < 4.78 is 41.2. The van der Waals surface area contributed by atoms with Crippen LogP contribution in [-0.2, 0) is 6.54 Å². The molecule has 1 saturated heterocycles. The average molecular weight is 611 g/mol. The maximum absolute atomic E-state index is 12.9. The van der Waals surface area contributed by atoms with E-state index in [0.29, 0.717) is 22.3 Å². The topological polar surface area (TPSA) is 81.9 Å². The van der Waals surface area contributed by atoms with Gasteiger partial charge in [-0.15, -0.1) is 13.2 Å². The highest BCUT2D eigenvalue weighted by Gasteiger charge is 2.31. The Morgan fingerprint density at radius 3 is 2.35 bits per heavy atom. The number of halogens is 3. The summed E-state index contributed by atoms with van der Waals surface area (Å²) >= 11 is 1.58. The molecule has 1 aliphatic rings. The number of amides is 2. The van der Waals surface area contributed by atoms with Gasteiger partial charge in [-0.2, -0.15) is 10.1 Å². The predicted octanol–water partition coefficient (Wildman–Crippen LogP) is 7.30. The number of thioether (sulfide) groups is 1. The first-order valence-electron chi connectivity index (χ1n) is 13.5. The SMILES string of the molecule is C=N/C(=N\N(C)c1ccc(OC(F)(F)F)cc1)c1ccc(CNC(=O)/N=C2\SCCC(C)N2c2c(C)cccc2C)cc1. The minimum absolute atomic E-state index is 0.219. The van der Waals surface area contributed by atoms with Crippen LogP contribution in [0.25, 0.3) is 0 Å². The fourth-order valence-electron chi connectivity index (χ4n) is 4.62. The number of ether oxygens (including phenoxy) is 1. The van der Waals surface area contributed by atoms with Crippen molar-refractivity contribution in [2.75, 3.05) is 22.7 Å². The number of nitrogens with one attached hydrogen (secondary N) is 1. The van der Waals surface area contributed by atoms with E-state index in [1.54, 1.807) is 30.9 Å². The van der Waals surface area contributed by atoms with E-state index >= 15 is 0 Å². The normalized spacial score (nSPS) is 16.6. The van der Waals surface area contributed by atoms with Crippen LogP contribution in [0.15, 0.2) is 81.8 Å². The molecular weight excluding hydrogens is 577 g/mol. The van der Waals surface area contributed by atoms with Gasteiger partial charge in [0.25, 0.3) is 0 Å². The number of hydrogen-bond acceptors (Lipinski definition) is 5. The molecule has 1 atom stereocenters. The zero-order valence-corrected chi connectivity index (χ0v) is 25.2. The van der Waals surface area contributed by atoms with Crippen molar-refractivity contribution in [1.29, 1.82) is 0 Å². The van der Waals surface area contributed by atoms with E-state index in [4.69, 9.17) is 0 Å². The molecule has 0 aliphatic carbocycles. The van der Waals surface area contributed by atoms with Crippen molar-refractivity contribution in [3.63, 3.8) is 0 Å². The number of benzene rings is 3. The van der Waals surface area contributed by atoms with Crippen LogP contribution in [0.4, 0.5) is 29.3 Å². The lowest BCUT2D eigenvalue weighted by Crippen LogP contribution is -2.43. The molecule has 43 heavy (non-hydrogen) atoms. The molecule has 0 saturated carbocycles. The Bertz CT molecular complexity index is 1490. The fourth-order valence-corrected chi connectivity index (χ4v) is 5.81. The van der Waals surface area contributed by atoms with Crippen molar-refractivity contribution in [2.24, 2.45) is 15.1 Å². The molecule has 3 aromatic carbocycles. The largest absolute Gasteiger partial charge is 0.573 e. The third kappa shape index (κ3) is 8.38. The number of hydrogen-bond donors (Lipinski definition) is 1. The summed E-state index contributed by atoms with van der Waals surface area (Å²) in [5, 5.41) is 9.46. The number of para-hydroxylation sites is 1. The second kappa shape index (κ2) is 13.8. The molecule has 0 aromatic heterocycles. The van der Waals surface area contributed by atoms with Crippen LogP contribution in [0.5, 0.6) is 5.75 Å². The maximum Gasteiger partial charge on any atom is 0.573 e. The fraction of sp³-hybridized carbons (Fsp3) is 0.290. The van der Waals surface area contributed by atoms with E-state index in [1.165, 1.54) is 29.3 Å². The Hall–Kier alpha value is -4.32. The van der Waals surface area contributed by atoms with Crippen molar-refractivity contribution in [3.05, 3.63) is 89.0 Å². The zero-order valence-electron chi connectivity index (χ0n) is 24.4. The summed E-state index contributed by atoms with van der Waals surface area (Å²) in [5.74, 6) is 0.885. The molecule has 1 fully saturated rings. The van der Waals surface area contributed by atoms with E-state index in [9.17, 15) is 18.0 Å². The van der Waals surface area contributed by atoms with Gasteiger partial charge >= 0.3 is 12.4 Å². The molecule has 0 spiro atoms. The number of alkyl halides is 3. The Labute approximate surface area is 253 Å². The van der Waals surface area contributed by atoms with Crippen molar-refractivity contribution >= 4 is 46.9 Å². The van der Waals surface area contributed by atoms with Crippen molar-refractivity contribution in [3.8, 4) is 5.75 Å². The Balaban J connectivity index is 1.40. The zero-order chi connectivity index (χ0) is 31.1. The minimum Gasteiger partial charge on any atom is -0.406 e.